The Hall–Kier alpha value is -2.14. The molecule has 114 valence electrons. The van der Waals surface area contributed by atoms with Crippen LogP contribution in [0, 0.1) is 0 Å². The number of anilines is 2. The van der Waals surface area contributed by atoms with Gasteiger partial charge in [0.1, 0.15) is 5.69 Å². The van der Waals surface area contributed by atoms with E-state index in [0.717, 1.165) is 31.6 Å². The summed E-state index contributed by atoms with van der Waals surface area (Å²) in [5.74, 6) is 0.362. The van der Waals surface area contributed by atoms with Crippen LogP contribution in [0.2, 0.25) is 5.02 Å². The lowest BCUT2D eigenvalue weighted by Gasteiger charge is -2.26. The first-order valence-corrected chi connectivity index (χ1v) is 7.75. The van der Waals surface area contributed by atoms with Gasteiger partial charge >= 0.3 is 0 Å². The molecule has 0 saturated carbocycles. The highest BCUT2D eigenvalue weighted by atomic mass is 35.5. The second-order valence-electron chi connectivity index (χ2n) is 5.25. The Bertz CT molecular complexity index is 671. The number of piperidine rings is 1. The van der Waals surface area contributed by atoms with Crippen LogP contribution in [0.1, 0.15) is 29.8 Å². The number of aromatic nitrogens is 2. The third kappa shape index (κ3) is 3.54. The highest BCUT2D eigenvalue weighted by Crippen LogP contribution is 2.18. The SMILES string of the molecule is O=C(c1ccnc(Nc2cccc(Cl)c2)n1)N1CCCCC1. The van der Waals surface area contributed by atoms with Gasteiger partial charge in [-0.1, -0.05) is 17.7 Å². The van der Waals surface area contributed by atoms with Crippen LogP contribution < -0.4 is 5.32 Å². The van der Waals surface area contributed by atoms with E-state index in [1.54, 1.807) is 24.4 Å². The normalized spacial score (nSPS) is 14.7. The molecule has 1 aromatic heterocycles. The van der Waals surface area contributed by atoms with Crippen LogP contribution in [0.5, 0.6) is 0 Å². The Labute approximate surface area is 134 Å². The van der Waals surface area contributed by atoms with Gasteiger partial charge in [0.25, 0.3) is 5.91 Å². The van der Waals surface area contributed by atoms with Crippen LogP contribution in [-0.2, 0) is 0 Å². The Morgan fingerprint density at radius 3 is 2.77 bits per heavy atom. The van der Waals surface area contributed by atoms with Crippen LogP contribution >= 0.6 is 11.6 Å². The van der Waals surface area contributed by atoms with Gasteiger partial charge in [-0.2, -0.15) is 0 Å². The Balaban J connectivity index is 1.75. The van der Waals surface area contributed by atoms with Crippen LogP contribution in [0.25, 0.3) is 0 Å². The molecule has 0 aliphatic carbocycles. The maximum Gasteiger partial charge on any atom is 0.272 e. The zero-order valence-electron chi connectivity index (χ0n) is 12.1. The Morgan fingerprint density at radius 2 is 2.00 bits per heavy atom. The maximum atomic E-state index is 12.4. The minimum Gasteiger partial charge on any atom is -0.337 e. The summed E-state index contributed by atoms with van der Waals surface area (Å²) in [6.07, 6.45) is 4.90. The number of nitrogens with one attached hydrogen (secondary N) is 1. The second-order valence-corrected chi connectivity index (χ2v) is 5.69. The molecule has 0 unspecified atom stereocenters. The molecule has 0 spiro atoms. The number of hydrogen-bond acceptors (Lipinski definition) is 4. The van der Waals surface area contributed by atoms with Crippen molar-refractivity contribution in [1.82, 2.24) is 14.9 Å². The smallest absolute Gasteiger partial charge is 0.272 e. The first-order chi connectivity index (χ1) is 10.7. The number of likely N-dealkylation sites (tertiary alicyclic amines) is 1. The standard InChI is InChI=1S/C16H17ClN4O/c17-12-5-4-6-13(11-12)19-16-18-8-7-14(20-16)15(22)21-9-2-1-3-10-21/h4-8,11H,1-3,9-10H2,(H,18,19,20). The summed E-state index contributed by atoms with van der Waals surface area (Å²) in [5, 5.41) is 3.70. The van der Waals surface area contributed by atoms with Crippen molar-refractivity contribution in [1.29, 1.82) is 0 Å². The minimum atomic E-state index is -0.0313. The highest BCUT2D eigenvalue weighted by Gasteiger charge is 2.19. The van der Waals surface area contributed by atoms with Crippen LogP contribution in [0.15, 0.2) is 36.5 Å². The predicted octanol–water partition coefficient (Wildman–Crippen LogP) is 3.50. The molecule has 1 N–H and O–H groups in total. The first-order valence-electron chi connectivity index (χ1n) is 7.37. The van der Waals surface area contributed by atoms with Gasteiger partial charge in [-0.25, -0.2) is 9.97 Å². The zero-order chi connectivity index (χ0) is 15.4. The van der Waals surface area contributed by atoms with Crippen LogP contribution in [0.4, 0.5) is 11.6 Å². The van der Waals surface area contributed by atoms with Crippen LogP contribution in [0.3, 0.4) is 0 Å². The molecule has 1 aliphatic rings. The van der Waals surface area contributed by atoms with Gasteiger partial charge in [0, 0.05) is 30.0 Å². The molecule has 1 aromatic carbocycles. The molecule has 1 saturated heterocycles. The molecule has 3 rings (SSSR count). The van der Waals surface area contributed by atoms with Gasteiger partial charge in [0.15, 0.2) is 0 Å². The number of hydrogen-bond donors (Lipinski definition) is 1. The van der Waals surface area contributed by atoms with Gasteiger partial charge in [-0.3, -0.25) is 4.79 Å². The molecule has 0 bridgehead atoms. The molecule has 1 amide bonds. The summed E-state index contributed by atoms with van der Waals surface area (Å²) >= 11 is 5.95. The monoisotopic (exact) mass is 316 g/mol. The first kappa shape index (κ1) is 14.8. The largest absolute Gasteiger partial charge is 0.337 e. The lowest BCUT2D eigenvalue weighted by molar-refractivity contribution is 0.0718. The van der Waals surface area contributed by atoms with Crippen molar-refractivity contribution < 1.29 is 4.79 Å². The molecule has 0 radical (unpaired) electrons. The van der Waals surface area contributed by atoms with E-state index in [4.69, 9.17) is 11.6 Å². The number of amides is 1. The summed E-state index contributed by atoms with van der Waals surface area (Å²) < 4.78 is 0. The van der Waals surface area contributed by atoms with Gasteiger partial charge < -0.3 is 10.2 Å². The number of benzene rings is 1. The van der Waals surface area contributed by atoms with Crippen LogP contribution in [-0.4, -0.2) is 33.9 Å². The quantitative estimate of drug-likeness (QED) is 0.941. The fourth-order valence-electron chi connectivity index (χ4n) is 2.49. The average Bonchev–Trinajstić information content (AvgIpc) is 2.55. The fraction of sp³-hybridized carbons (Fsp3) is 0.312. The van der Waals surface area contributed by atoms with Crippen molar-refractivity contribution in [2.75, 3.05) is 18.4 Å². The van der Waals surface area contributed by atoms with Crippen molar-refractivity contribution in [3.63, 3.8) is 0 Å². The lowest BCUT2D eigenvalue weighted by Crippen LogP contribution is -2.36. The van der Waals surface area contributed by atoms with E-state index >= 15 is 0 Å². The minimum absolute atomic E-state index is 0.0313. The van der Waals surface area contributed by atoms with E-state index in [1.807, 2.05) is 17.0 Å². The Morgan fingerprint density at radius 1 is 1.18 bits per heavy atom. The van der Waals surface area contributed by atoms with Crippen molar-refractivity contribution in [2.24, 2.45) is 0 Å². The number of nitrogens with zero attached hydrogens (tertiary/aromatic N) is 3. The molecular formula is C16H17ClN4O. The lowest BCUT2D eigenvalue weighted by atomic mass is 10.1. The molecular weight excluding hydrogens is 300 g/mol. The average molecular weight is 317 g/mol. The summed E-state index contributed by atoms with van der Waals surface area (Å²) in [5.41, 5.74) is 1.21. The number of carbonyl (C=O) groups excluding carboxylic acids is 1. The second kappa shape index (κ2) is 6.75. The third-order valence-corrected chi connectivity index (χ3v) is 3.83. The molecule has 6 heteroatoms. The highest BCUT2D eigenvalue weighted by molar-refractivity contribution is 6.30. The van der Waals surface area contributed by atoms with E-state index in [0.29, 0.717) is 16.7 Å². The molecule has 2 heterocycles. The molecule has 22 heavy (non-hydrogen) atoms. The van der Waals surface area contributed by atoms with Gasteiger partial charge in [-0.05, 0) is 43.5 Å². The van der Waals surface area contributed by atoms with Gasteiger partial charge in [-0.15, -0.1) is 0 Å². The third-order valence-electron chi connectivity index (χ3n) is 3.60. The number of rotatable bonds is 3. The van der Waals surface area contributed by atoms with Crippen molar-refractivity contribution in [2.45, 2.75) is 19.3 Å². The molecule has 2 aromatic rings. The fourth-order valence-corrected chi connectivity index (χ4v) is 2.68. The topological polar surface area (TPSA) is 58.1 Å². The zero-order valence-corrected chi connectivity index (χ0v) is 12.9. The molecule has 1 aliphatic heterocycles. The van der Waals surface area contributed by atoms with E-state index in [9.17, 15) is 4.79 Å². The van der Waals surface area contributed by atoms with Crippen molar-refractivity contribution in [3.8, 4) is 0 Å². The van der Waals surface area contributed by atoms with E-state index in [2.05, 4.69) is 15.3 Å². The summed E-state index contributed by atoms with van der Waals surface area (Å²) in [7, 11) is 0. The molecule has 5 nitrogen and oxygen atoms in total. The Kier molecular flexibility index (Phi) is 4.53. The summed E-state index contributed by atoms with van der Waals surface area (Å²) in [4.78, 5) is 22.8. The van der Waals surface area contributed by atoms with E-state index in [1.165, 1.54) is 6.42 Å². The van der Waals surface area contributed by atoms with E-state index < -0.39 is 0 Å². The van der Waals surface area contributed by atoms with E-state index in [-0.39, 0.29) is 5.91 Å². The summed E-state index contributed by atoms with van der Waals surface area (Å²) in [6, 6.07) is 8.94. The van der Waals surface area contributed by atoms with Crippen molar-refractivity contribution >= 4 is 29.1 Å². The predicted molar refractivity (Wildman–Crippen MR) is 86.5 cm³/mol. The maximum absolute atomic E-state index is 12.4. The summed E-state index contributed by atoms with van der Waals surface area (Å²) in [6.45, 7) is 1.61. The number of halogens is 1. The van der Waals surface area contributed by atoms with Crippen molar-refractivity contribution in [3.05, 3.63) is 47.2 Å². The van der Waals surface area contributed by atoms with Gasteiger partial charge in [0.05, 0.1) is 0 Å². The number of carbonyl (C=O) groups is 1. The molecule has 1 fully saturated rings. The van der Waals surface area contributed by atoms with Gasteiger partial charge in [0.2, 0.25) is 5.95 Å². The molecule has 0 atom stereocenters.